The van der Waals surface area contributed by atoms with E-state index in [1.165, 1.54) is 0 Å². The summed E-state index contributed by atoms with van der Waals surface area (Å²) in [4.78, 5) is 0. The van der Waals surface area contributed by atoms with Crippen molar-refractivity contribution < 1.29 is 4.74 Å². The summed E-state index contributed by atoms with van der Waals surface area (Å²) < 4.78 is 5.21. The maximum absolute atomic E-state index is 5.21. The Morgan fingerprint density at radius 2 is 2.27 bits per heavy atom. The first-order valence-electron chi connectivity index (χ1n) is 3.40. The van der Waals surface area contributed by atoms with Gasteiger partial charge in [-0.05, 0) is 24.6 Å². The van der Waals surface area contributed by atoms with E-state index in [0.29, 0.717) is 0 Å². The maximum Gasteiger partial charge on any atom is 0.150 e. The second-order valence-electron chi connectivity index (χ2n) is 2.40. The second-order valence-corrected chi connectivity index (χ2v) is 2.40. The number of nitrogens with one attached hydrogen (secondary N) is 1. The number of rotatable bonds is 0. The van der Waals surface area contributed by atoms with E-state index in [2.05, 4.69) is 12.2 Å². The van der Waals surface area contributed by atoms with Crippen LogP contribution in [0.3, 0.4) is 0 Å². The summed E-state index contributed by atoms with van der Waals surface area (Å²) in [5.74, 6) is 0.847. The molecule has 1 aromatic rings. The van der Waals surface area contributed by atoms with Crippen molar-refractivity contribution in [1.82, 2.24) is 0 Å². The normalized spacial score (nSPS) is 13.2. The van der Waals surface area contributed by atoms with Crippen LogP contribution in [0.5, 0.6) is 5.75 Å². The zero-order chi connectivity index (χ0) is 7.68. The van der Waals surface area contributed by atoms with Gasteiger partial charge in [0.2, 0.25) is 0 Å². The molecule has 0 spiro atoms. The standard InChI is InChI=1S/C9H8NO/c1-7-2-3-9-8(6-7)10-4-5-11-9/h2-6,10H,1H2. The Bertz CT molecular complexity index is 304. The van der Waals surface area contributed by atoms with Gasteiger partial charge in [0.15, 0.2) is 0 Å². The fraction of sp³-hybridized carbons (Fsp3) is 0. The van der Waals surface area contributed by atoms with Crippen LogP contribution in [0.1, 0.15) is 5.56 Å². The first-order chi connectivity index (χ1) is 5.36. The van der Waals surface area contributed by atoms with Gasteiger partial charge in [0.05, 0.1) is 5.69 Å². The van der Waals surface area contributed by atoms with Gasteiger partial charge in [0.25, 0.3) is 0 Å². The molecule has 0 atom stereocenters. The largest absolute Gasteiger partial charge is 0.461 e. The molecule has 0 aromatic heterocycles. The predicted molar refractivity (Wildman–Crippen MR) is 44.3 cm³/mol. The minimum atomic E-state index is 0.847. The summed E-state index contributed by atoms with van der Waals surface area (Å²) in [5.41, 5.74) is 1.95. The van der Waals surface area contributed by atoms with Crippen LogP contribution < -0.4 is 10.1 Å². The highest BCUT2D eigenvalue weighted by molar-refractivity contribution is 5.61. The molecule has 1 N–H and O–H groups in total. The molecule has 1 aliphatic heterocycles. The number of ether oxygens (including phenoxy) is 1. The van der Waals surface area contributed by atoms with Gasteiger partial charge in [-0.2, -0.15) is 0 Å². The third-order valence-corrected chi connectivity index (χ3v) is 1.55. The molecular formula is C9H8NO. The van der Waals surface area contributed by atoms with E-state index < -0.39 is 0 Å². The Balaban J connectivity index is 2.48. The Morgan fingerprint density at radius 1 is 1.36 bits per heavy atom. The third kappa shape index (κ3) is 1.07. The molecule has 1 heterocycles. The second kappa shape index (κ2) is 2.31. The van der Waals surface area contributed by atoms with E-state index in [1.807, 2.05) is 18.2 Å². The minimum Gasteiger partial charge on any atom is -0.461 e. The smallest absolute Gasteiger partial charge is 0.150 e. The van der Waals surface area contributed by atoms with Crippen LogP contribution in [0.2, 0.25) is 0 Å². The zero-order valence-corrected chi connectivity index (χ0v) is 6.00. The van der Waals surface area contributed by atoms with Gasteiger partial charge in [0.1, 0.15) is 12.0 Å². The molecule has 2 nitrogen and oxygen atoms in total. The lowest BCUT2D eigenvalue weighted by Gasteiger charge is -2.12. The zero-order valence-electron chi connectivity index (χ0n) is 6.00. The van der Waals surface area contributed by atoms with Crippen LogP contribution in [0.15, 0.2) is 30.7 Å². The monoisotopic (exact) mass is 146 g/mol. The fourth-order valence-corrected chi connectivity index (χ4v) is 1.02. The molecular weight excluding hydrogens is 138 g/mol. The van der Waals surface area contributed by atoms with Crippen molar-refractivity contribution in [1.29, 1.82) is 0 Å². The van der Waals surface area contributed by atoms with E-state index in [9.17, 15) is 0 Å². The summed E-state index contributed by atoms with van der Waals surface area (Å²) >= 11 is 0. The van der Waals surface area contributed by atoms with Crippen LogP contribution in [0.25, 0.3) is 0 Å². The molecule has 0 fully saturated rings. The van der Waals surface area contributed by atoms with Crippen molar-refractivity contribution in [2.45, 2.75) is 0 Å². The molecule has 1 aliphatic rings. The van der Waals surface area contributed by atoms with Gasteiger partial charge < -0.3 is 10.1 Å². The SMILES string of the molecule is [CH2]c1ccc2c(c1)NC=CO2. The molecule has 1 aromatic carbocycles. The first kappa shape index (κ1) is 6.28. The Kier molecular flexibility index (Phi) is 1.32. The van der Waals surface area contributed by atoms with Gasteiger partial charge in [-0.1, -0.05) is 6.07 Å². The summed E-state index contributed by atoms with van der Waals surface area (Å²) in [6.45, 7) is 3.81. The Hall–Kier alpha value is -1.44. The highest BCUT2D eigenvalue weighted by atomic mass is 16.5. The molecule has 1 radical (unpaired) electrons. The van der Waals surface area contributed by atoms with E-state index >= 15 is 0 Å². The number of benzene rings is 1. The molecule has 0 unspecified atom stereocenters. The van der Waals surface area contributed by atoms with E-state index in [-0.39, 0.29) is 0 Å². The lowest BCUT2D eigenvalue weighted by atomic mass is 10.2. The van der Waals surface area contributed by atoms with Crippen LogP contribution in [0, 0.1) is 6.92 Å². The quantitative estimate of drug-likeness (QED) is 0.605. The van der Waals surface area contributed by atoms with Gasteiger partial charge in [0, 0.05) is 6.20 Å². The van der Waals surface area contributed by atoms with Crippen LogP contribution in [-0.2, 0) is 0 Å². The van der Waals surface area contributed by atoms with Crippen molar-refractivity contribution in [3.8, 4) is 5.75 Å². The lowest BCUT2D eigenvalue weighted by molar-refractivity contribution is 0.477. The highest BCUT2D eigenvalue weighted by Crippen LogP contribution is 2.27. The summed E-state index contributed by atoms with van der Waals surface area (Å²) in [6.07, 6.45) is 3.37. The minimum absolute atomic E-state index is 0.847. The van der Waals surface area contributed by atoms with Crippen molar-refractivity contribution in [3.63, 3.8) is 0 Å². The summed E-state index contributed by atoms with van der Waals surface area (Å²) in [6, 6.07) is 5.76. The molecule has 0 bridgehead atoms. The summed E-state index contributed by atoms with van der Waals surface area (Å²) in [5, 5.41) is 3.06. The maximum atomic E-state index is 5.21. The number of anilines is 1. The molecule has 11 heavy (non-hydrogen) atoms. The van der Waals surface area contributed by atoms with E-state index in [1.54, 1.807) is 12.5 Å². The average Bonchev–Trinajstić information content (AvgIpc) is 2.04. The van der Waals surface area contributed by atoms with Crippen molar-refractivity contribution in [2.75, 3.05) is 5.32 Å². The van der Waals surface area contributed by atoms with Crippen molar-refractivity contribution in [2.24, 2.45) is 0 Å². The van der Waals surface area contributed by atoms with Crippen LogP contribution in [0.4, 0.5) is 5.69 Å². The molecule has 55 valence electrons. The van der Waals surface area contributed by atoms with Crippen molar-refractivity contribution >= 4 is 5.69 Å². The molecule has 0 saturated carbocycles. The van der Waals surface area contributed by atoms with Gasteiger partial charge in [-0.15, -0.1) is 0 Å². The predicted octanol–water partition coefficient (Wildman–Crippen LogP) is 2.14. The Morgan fingerprint density at radius 3 is 3.18 bits per heavy atom. The third-order valence-electron chi connectivity index (χ3n) is 1.55. The molecule has 0 saturated heterocycles. The van der Waals surface area contributed by atoms with E-state index in [0.717, 1.165) is 17.0 Å². The van der Waals surface area contributed by atoms with Crippen LogP contribution >= 0.6 is 0 Å². The fourth-order valence-electron chi connectivity index (χ4n) is 1.02. The van der Waals surface area contributed by atoms with Gasteiger partial charge in [-0.25, -0.2) is 0 Å². The van der Waals surface area contributed by atoms with Crippen LogP contribution in [-0.4, -0.2) is 0 Å². The lowest BCUT2D eigenvalue weighted by Crippen LogP contribution is -1.98. The van der Waals surface area contributed by atoms with Crippen molar-refractivity contribution in [3.05, 3.63) is 43.1 Å². The summed E-state index contributed by atoms with van der Waals surface area (Å²) in [7, 11) is 0. The van der Waals surface area contributed by atoms with Gasteiger partial charge >= 0.3 is 0 Å². The highest BCUT2D eigenvalue weighted by Gasteiger charge is 2.03. The Labute approximate surface area is 65.5 Å². The first-order valence-corrected chi connectivity index (χ1v) is 3.40. The average molecular weight is 146 g/mol. The topological polar surface area (TPSA) is 21.3 Å². The molecule has 0 aliphatic carbocycles. The number of hydrogen-bond acceptors (Lipinski definition) is 2. The molecule has 0 amide bonds. The molecule has 2 heteroatoms. The number of fused-ring (bicyclic) bond motifs is 1. The number of hydrogen-bond donors (Lipinski definition) is 1. The molecule has 2 rings (SSSR count). The van der Waals surface area contributed by atoms with Gasteiger partial charge in [-0.3, -0.25) is 0 Å². The van der Waals surface area contributed by atoms with E-state index in [4.69, 9.17) is 4.74 Å².